The van der Waals surface area contributed by atoms with Crippen LogP contribution >= 0.6 is 11.6 Å². The van der Waals surface area contributed by atoms with Crippen LogP contribution in [0.5, 0.6) is 0 Å². The van der Waals surface area contributed by atoms with Gasteiger partial charge in [-0.2, -0.15) is 0 Å². The standard InChI is InChI=1S/C21H21ClN2O3/c1-14(15-8-10-16(22)11-9-15)23(2)20(25)13-24-12-18(21(26)27-3)17-6-4-5-7-19(17)24/h4-12,14H,13H2,1-3H3. The van der Waals surface area contributed by atoms with Gasteiger partial charge in [-0.3, -0.25) is 4.79 Å². The molecule has 6 heteroatoms. The molecule has 0 bridgehead atoms. The highest BCUT2D eigenvalue weighted by Gasteiger charge is 2.21. The van der Waals surface area contributed by atoms with Crippen molar-refractivity contribution in [3.05, 3.63) is 70.9 Å². The van der Waals surface area contributed by atoms with Crippen LogP contribution in [0, 0.1) is 0 Å². The average Bonchev–Trinajstić information content (AvgIpc) is 3.05. The zero-order chi connectivity index (χ0) is 19.6. The van der Waals surface area contributed by atoms with Crippen LogP contribution in [-0.4, -0.2) is 35.5 Å². The van der Waals surface area contributed by atoms with Crippen molar-refractivity contribution in [1.29, 1.82) is 0 Å². The molecule has 0 saturated carbocycles. The van der Waals surface area contributed by atoms with Crippen LogP contribution in [0.1, 0.15) is 28.9 Å². The van der Waals surface area contributed by atoms with Crippen LogP contribution in [-0.2, 0) is 16.1 Å². The molecule has 0 N–H and O–H groups in total. The van der Waals surface area contributed by atoms with Crippen molar-refractivity contribution in [1.82, 2.24) is 9.47 Å². The van der Waals surface area contributed by atoms with E-state index in [4.69, 9.17) is 16.3 Å². The highest BCUT2D eigenvalue weighted by Crippen LogP contribution is 2.24. The summed E-state index contributed by atoms with van der Waals surface area (Å²) in [6.07, 6.45) is 1.68. The largest absolute Gasteiger partial charge is 0.465 e. The van der Waals surface area contributed by atoms with Crippen molar-refractivity contribution in [3.63, 3.8) is 0 Å². The molecule has 1 atom stereocenters. The maximum atomic E-state index is 12.8. The van der Waals surface area contributed by atoms with Crippen molar-refractivity contribution in [2.75, 3.05) is 14.2 Å². The number of benzene rings is 2. The third kappa shape index (κ3) is 3.83. The van der Waals surface area contributed by atoms with Gasteiger partial charge in [-0.05, 0) is 30.7 Å². The number of para-hydroxylation sites is 1. The first-order chi connectivity index (χ1) is 12.9. The van der Waals surface area contributed by atoms with E-state index in [2.05, 4.69) is 0 Å². The van der Waals surface area contributed by atoms with Crippen LogP contribution in [0.3, 0.4) is 0 Å². The number of nitrogens with zero attached hydrogens (tertiary/aromatic N) is 2. The summed E-state index contributed by atoms with van der Waals surface area (Å²) in [7, 11) is 3.12. The number of hydrogen-bond donors (Lipinski definition) is 0. The second-order valence-electron chi connectivity index (χ2n) is 6.41. The number of likely N-dealkylation sites (N-methyl/N-ethyl adjacent to an activating group) is 1. The Hall–Kier alpha value is -2.79. The van der Waals surface area contributed by atoms with Gasteiger partial charge in [0.15, 0.2) is 0 Å². The monoisotopic (exact) mass is 384 g/mol. The van der Waals surface area contributed by atoms with Crippen LogP contribution in [0.15, 0.2) is 54.7 Å². The summed E-state index contributed by atoms with van der Waals surface area (Å²) < 4.78 is 6.64. The van der Waals surface area contributed by atoms with Gasteiger partial charge in [-0.15, -0.1) is 0 Å². The van der Waals surface area contributed by atoms with Crippen molar-refractivity contribution >= 4 is 34.4 Å². The fourth-order valence-corrected chi connectivity index (χ4v) is 3.21. The molecule has 0 fully saturated rings. The average molecular weight is 385 g/mol. The molecule has 0 saturated heterocycles. The maximum absolute atomic E-state index is 12.8. The number of amides is 1. The molecule has 0 aliphatic rings. The lowest BCUT2D eigenvalue weighted by molar-refractivity contribution is -0.132. The number of hydrogen-bond acceptors (Lipinski definition) is 3. The number of carbonyl (C=O) groups excluding carboxylic acids is 2. The summed E-state index contributed by atoms with van der Waals surface area (Å²) in [6, 6.07) is 14.8. The molecule has 1 aromatic heterocycles. The zero-order valence-electron chi connectivity index (χ0n) is 15.5. The summed E-state index contributed by atoms with van der Waals surface area (Å²) in [4.78, 5) is 26.6. The fourth-order valence-electron chi connectivity index (χ4n) is 3.09. The second-order valence-corrected chi connectivity index (χ2v) is 6.85. The van der Waals surface area contributed by atoms with E-state index in [0.717, 1.165) is 16.5 Å². The second kappa shape index (κ2) is 7.84. The summed E-state index contributed by atoms with van der Waals surface area (Å²) >= 11 is 5.94. The third-order valence-electron chi connectivity index (χ3n) is 4.83. The molecule has 3 aromatic rings. The topological polar surface area (TPSA) is 51.5 Å². The Morgan fingerprint density at radius 3 is 2.48 bits per heavy atom. The van der Waals surface area contributed by atoms with E-state index in [0.29, 0.717) is 10.6 Å². The number of esters is 1. The number of rotatable bonds is 5. The van der Waals surface area contributed by atoms with Gasteiger partial charge in [0.2, 0.25) is 5.91 Å². The van der Waals surface area contributed by atoms with E-state index in [-0.39, 0.29) is 18.5 Å². The predicted molar refractivity (Wildman–Crippen MR) is 106 cm³/mol. The Morgan fingerprint density at radius 1 is 1.15 bits per heavy atom. The van der Waals surface area contributed by atoms with Gasteiger partial charge in [0.1, 0.15) is 6.54 Å². The van der Waals surface area contributed by atoms with E-state index < -0.39 is 5.97 Å². The molecular weight excluding hydrogens is 364 g/mol. The first-order valence-corrected chi connectivity index (χ1v) is 8.97. The van der Waals surface area contributed by atoms with Gasteiger partial charge in [-0.25, -0.2) is 4.79 Å². The molecule has 2 aromatic carbocycles. The predicted octanol–water partition coefficient (Wildman–Crippen LogP) is 4.30. The van der Waals surface area contributed by atoms with Crippen molar-refractivity contribution in [3.8, 4) is 0 Å². The summed E-state index contributed by atoms with van der Waals surface area (Å²) in [5, 5.41) is 1.43. The Morgan fingerprint density at radius 2 is 1.81 bits per heavy atom. The lowest BCUT2D eigenvalue weighted by Crippen LogP contribution is -2.32. The smallest absolute Gasteiger partial charge is 0.340 e. The summed E-state index contributed by atoms with van der Waals surface area (Å²) in [6.45, 7) is 2.10. The molecule has 27 heavy (non-hydrogen) atoms. The number of carbonyl (C=O) groups is 2. The van der Waals surface area contributed by atoms with Gasteiger partial charge in [0.25, 0.3) is 0 Å². The molecule has 0 aliphatic heterocycles. The first kappa shape index (κ1) is 19.0. The highest BCUT2D eigenvalue weighted by atomic mass is 35.5. The first-order valence-electron chi connectivity index (χ1n) is 8.59. The zero-order valence-corrected chi connectivity index (χ0v) is 16.2. The van der Waals surface area contributed by atoms with E-state index in [9.17, 15) is 9.59 Å². The van der Waals surface area contributed by atoms with Crippen molar-refractivity contribution in [2.45, 2.75) is 19.5 Å². The lowest BCUT2D eigenvalue weighted by Gasteiger charge is -2.26. The van der Waals surface area contributed by atoms with Gasteiger partial charge in [0.05, 0.1) is 18.7 Å². The van der Waals surface area contributed by atoms with Crippen LogP contribution in [0.2, 0.25) is 5.02 Å². The SMILES string of the molecule is COC(=O)c1cn(CC(=O)N(C)C(C)c2ccc(Cl)cc2)c2ccccc12. The number of methoxy groups -OCH3 is 1. The molecular formula is C21H21ClN2O3. The fraction of sp³-hybridized carbons (Fsp3) is 0.238. The maximum Gasteiger partial charge on any atom is 0.340 e. The minimum absolute atomic E-state index is 0.0605. The normalized spacial score (nSPS) is 12.0. The molecule has 140 valence electrons. The van der Waals surface area contributed by atoms with Gasteiger partial charge < -0.3 is 14.2 Å². The minimum Gasteiger partial charge on any atom is -0.465 e. The Labute approximate surface area is 163 Å². The number of aromatic nitrogens is 1. The Balaban J connectivity index is 1.85. The molecule has 0 radical (unpaired) electrons. The molecule has 0 spiro atoms. The van der Waals surface area contributed by atoms with Gasteiger partial charge in [0, 0.05) is 29.2 Å². The van der Waals surface area contributed by atoms with Crippen molar-refractivity contribution < 1.29 is 14.3 Å². The molecule has 0 aliphatic carbocycles. The third-order valence-corrected chi connectivity index (χ3v) is 5.08. The van der Waals surface area contributed by atoms with E-state index >= 15 is 0 Å². The van der Waals surface area contributed by atoms with Crippen LogP contribution in [0.4, 0.5) is 0 Å². The van der Waals surface area contributed by atoms with E-state index in [1.54, 1.807) is 22.7 Å². The quantitative estimate of drug-likeness (QED) is 0.616. The molecule has 3 rings (SSSR count). The van der Waals surface area contributed by atoms with Gasteiger partial charge in [-0.1, -0.05) is 41.9 Å². The number of halogens is 1. The Kier molecular flexibility index (Phi) is 5.51. The van der Waals surface area contributed by atoms with Crippen molar-refractivity contribution in [2.24, 2.45) is 0 Å². The summed E-state index contributed by atoms with van der Waals surface area (Å²) in [5.41, 5.74) is 2.27. The molecule has 1 amide bonds. The van der Waals surface area contributed by atoms with E-state index in [1.165, 1.54) is 7.11 Å². The minimum atomic E-state index is -0.416. The Bertz CT molecular complexity index is 979. The number of fused-ring (bicyclic) bond motifs is 1. The van der Waals surface area contributed by atoms with E-state index in [1.807, 2.05) is 55.5 Å². The molecule has 1 unspecified atom stereocenters. The van der Waals surface area contributed by atoms with Gasteiger partial charge >= 0.3 is 5.97 Å². The highest BCUT2D eigenvalue weighted by molar-refractivity contribution is 6.30. The van der Waals surface area contributed by atoms with Crippen LogP contribution in [0.25, 0.3) is 10.9 Å². The lowest BCUT2D eigenvalue weighted by atomic mass is 10.1. The molecule has 1 heterocycles. The number of ether oxygens (including phenoxy) is 1. The molecule has 5 nitrogen and oxygen atoms in total. The summed E-state index contributed by atoms with van der Waals surface area (Å²) in [5.74, 6) is -0.477. The van der Waals surface area contributed by atoms with Crippen LogP contribution < -0.4 is 0 Å².